The van der Waals surface area contributed by atoms with E-state index in [9.17, 15) is 12.8 Å². The molecule has 0 aliphatic rings. The van der Waals surface area contributed by atoms with Gasteiger partial charge in [-0.05, 0) is 76.1 Å². The molecule has 1 N–H and O–H groups in total. The number of anilines is 2. The number of pyridine rings is 1. The second-order valence-corrected chi connectivity index (χ2v) is 12.7. The number of nitrogens with zero attached hydrogens (tertiary/aromatic N) is 4. The number of benzene rings is 3. The maximum Gasteiger partial charge on any atom is 0.221 e. The van der Waals surface area contributed by atoms with Crippen LogP contribution in [0.4, 0.5) is 15.9 Å². The van der Waals surface area contributed by atoms with Gasteiger partial charge < -0.3 is 14.8 Å². The summed E-state index contributed by atoms with van der Waals surface area (Å²) < 4.78 is 49.1. The quantitative estimate of drug-likeness (QED) is 0.0809. The first-order chi connectivity index (χ1) is 22.4. The zero-order chi connectivity index (χ0) is 31.9. The number of hydrogen-bond donors (Lipinski definition) is 1. The lowest BCUT2D eigenvalue weighted by molar-refractivity contribution is 0.176. The topological polar surface area (TPSA) is 116 Å². The molecule has 0 saturated heterocycles. The second kappa shape index (κ2) is 14.7. The number of ether oxygens (including phenoxy) is 2. The summed E-state index contributed by atoms with van der Waals surface area (Å²) in [5.74, 6) is 0.955. The van der Waals surface area contributed by atoms with Crippen LogP contribution >= 0.6 is 27.3 Å². The van der Waals surface area contributed by atoms with Gasteiger partial charge >= 0.3 is 0 Å². The van der Waals surface area contributed by atoms with Gasteiger partial charge in [-0.15, -0.1) is 11.3 Å². The molecule has 0 unspecified atom stereocenters. The van der Waals surface area contributed by atoms with E-state index in [-0.39, 0.29) is 23.9 Å². The van der Waals surface area contributed by atoms with Crippen LogP contribution in [0.1, 0.15) is 16.3 Å². The molecule has 9 nitrogen and oxygen atoms in total. The Morgan fingerprint density at radius 2 is 1.89 bits per heavy atom. The smallest absolute Gasteiger partial charge is 0.221 e. The SMILES string of the molecule is O=S(=O)=C(COCCc1nc(-c2ccc3ncnc(Nc4ccc(OCc5cccc(F)c5)c(Br)c4)c3c2)cs1)c1ccccn1. The zero-order valence-corrected chi connectivity index (χ0v) is 27.3. The molecule has 3 aromatic heterocycles. The van der Waals surface area contributed by atoms with Crippen molar-refractivity contribution in [2.75, 3.05) is 18.5 Å². The Kier molecular flexibility index (Phi) is 10.0. The standard InChI is InChI=1S/C33H25BrFN5O4S2/c34-26-16-24(8-10-30(26)44-17-21-4-3-5-23(35)14-21)39-33-25-15-22(7-9-27(25)37-20-38-33)29-19-45-32(40-29)11-13-43-18-31(46(41)42)28-6-1-2-12-36-28/h1-10,12,14-16,19-20H,11,13,17-18H2,(H,37,38,39). The monoisotopic (exact) mass is 717 g/mol. The van der Waals surface area contributed by atoms with Gasteiger partial charge in [-0.2, -0.15) is 8.42 Å². The van der Waals surface area contributed by atoms with Gasteiger partial charge in [-0.3, -0.25) is 4.98 Å². The van der Waals surface area contributed by atoms with Crippen molar-refractivity contribution in [2.24, 2.45) is 0 Å². The molecular weight excluding hydrogens is 693 g/mol. The van der Waals surface area contributed by atoms with Crippen LogP contribution < -0.4 is 10.1 Å². The summed E-state index contributed by atoms with van der Waals surface area (Å²) in [7, 11) is -2.43. The molecule has 6 aromatic rings. The van der Waals surface area contributed by atoms with Crippen LogP contribution in [0.5, 0.6) is 5.75 Å². The number of fused-ring (bicyclic) bond motifs is 1. The molecule has 0 fully saturated rings. The molecule has 3 heterocycles. The molecule has 232 valence electrons. The molecule has 13 heteroatoms. The minimum Gasteiger partial charge on any atom is -0.488 e. The first-order valence-electron chi connectivity index (χ1n) is 14.0. The van der Waals surface area contributed by atoms with Crippen molar-refractivity contribution in [3.63, 3.8) is 0 Å². The Morgan fingerprint density at radius 3 is 2.70 bits per heavy atom. The van der Waals surface area contributed by atoms with E-state index in [1.165, 1.54) is 29.8 Å². The van der Waals surface area contributed by atoms with E-state index >= 15 is 0 Å². The van der Waals surface area contributed by atoms with Crippen LogP contribution in [0.25, 0.3) is 22.2 Å². The molecule has 46 heavy (non-hydrogen) atoms. The number of rotatable bonds is 12. The Balaban J connectivity index is 1.11. The fourth-order valence-corrected chi connectivity index (χ4v) is 6.31. The number of thiazole rings is 1. The molecule has 0 aliphatic carbocycles. The lowest BCUT2D eigenvalue weighted by atomic mass is 10.1. The summed E-state index contributed by atoms with van der Waals surface area (Å²) in [6.07, 6.45) is 3.59. The molecule has 0 spiro atoms. The fraction of sp³-hybridized carbons (Fsp3) is 0.121. The van der Waals surface area contributed by atoms with Crippen molar-refractivity contribution in [3.8, 4) is 17.0 Å². The van der Waals surface area contributed by atoms with Gasteiger partial charge in [0.2, 0.25) is 10.3 Å². The summed E-state index contributed by atoms with van der Waals surface area (Å²) in [6, 6.07) is 22.9. The third kappa shape index (κ3) is 7.80. The number of hydrogen-bond acceptors (Lipinski definition) is 10. The predicted molar refractivity (Wildman–Crippen MR) is 181 cm³/mol. The van der Waals surface area contributed by atoms with Gasteiger partial charge in [-0.1, -0.05) is 24.3 Å². The Hall–Kier alpha value is -4.56. The van der Waals surface area contributed by atoms with Gasteiger partial charge in [0.25, 0.3) is 0 Å². The van der Waals surface area contributed by atoms with E-state index in [2.05, 4.69) is 36.2 Å². The van der Waals surface area contributed by atoms with Crippen LogP contribution in [0.15, 0.2) is 101 Å². The van der Waals surface area contributed by atoms with Crippen molar-refractivity contribution in [2.45, 2.75) is 13.0 Å². The molecule has 6 rings (SSSR count). The van der Waals surface area contributed by atoms with Crippen molar-refractivity contribution in [1.82, 2.24) is 19.9 Å². The summed E-state index contributed by atoms with van der Waals surface area (Å²) in [4.78, 5) is 17.9. The van der Waals surface area contributed by atoms with E-state index in [1.54, 1.807) is 30.5 Å². The first kappa shape index (κ1) is 31.4. The van der Waals surface area contributed by atoms with Crippen LogP contribution in [0.2, 0.25) is 0 Å². The van der Waals surface area contributed by atoms with Crippen LogP contribution in [-0.2, 0) is 28.1 Å². The molecular formula is C33H25BrFN5O4S2. The minimum absolute atomic E-state index is 0.0625. The average Bonchev–Trinajstić information content (AvgIpc) is 3.54. The lowest BCUT2D eigenvalue weighted by Gasteiger charge is -2.12. The Morgan fingerprint density at radius 1 is 0.978 bits per heavy atom. The first-order valence-corrected chi connectivity index (χ1v) is 16.8. The highest BCUT2D eigenvalue weighted by Gasteiger charge is 2.12. The second-order valence-electron chi connectivity index (χ2n) is 9.94. The maximum atomic E-state index is 13.5. The van der Waals surface area contributed by atoms with Crippen molar-refractivity contribution in [1.29, 1.82) is 0 Å². The molecule has 0 bridgehead atoms. The largest absolute Gasteiger partial charge is 0.488 e. The summed E-state index contributed by atoms with van der Waals surface area (Å²) in [5.41, 5.74) is 4.38. The highest BCUT2D eigenvalue weighted by Crippen LogP contribution is 2.33. The van der Waals surface area contributed by atoms with Crippen LogP contribution in [-0.4, -0.2) is 46.4 Å². The summed E-state index contributed by atoms with van der Waals surface area (Å²) in [6.45, 7) is 0.486. The van der Waals surface area contributed by atoms with Gasteiger partial charge in [0.1, 0.15) is 35.2 Å². The van der Waals surface area contributed by atoms with Crippen LogP contribution in [0.3, 0.4) is 0 Å². The normalized spacial score (nSPS) is 11.0. The van der Waals surface area contributed by atoms with Gasteiger partial charge in [0.15, 0.2) is 0 Å². The number of nitrogens with one attached hydrogen (secondary N) is 1. The Labute approximate surface area is 277 Å². The number of halogens is 2. The van der Waals surface area contributed by atoms with Gasteiger partial charge in [0.05, 0.1) is 39.6 Å². The number of aromatic nitrogens is 4. The van der Waals surface area contributed by atoms with Crippen molar-refractivity contribution < 1.29 is 22.3 Å². The lowest BCUT2D eigenvalue weighted by Crippen LogP contribution is -2.14. The van der Waals surface area contributed by atoms with Crippen molar-refractivity contribution >= 4 is 64.8 Å². The molecule has 0 aliphatic heterocycles. The minimum atomic E-state index is -2.43. The van der Waals surface area contributed by atoms with Crippen LogP contribution in [0, 0.1) is 5.82 Å². The van der Waals surface area contributed by atoms with E-state index in [4.69, 9.17) is 14.5 Å². The fourth-order valence-electron chi connectivity index (χ4n) is 4.55. The molecule has 0 atom stereocenters. The van der Waals surface area contributed by atoms with Gasteiger partial charge in [-0.25, -0.2) is 19.3 Å². The third-order valence-electron chi connectivity index (χ3n) is 6.81. The highest BCUT2D eigenvalue weighted by atomic mass is 79.9. The summed E-state index contributed by atoms with van der Waals surface area (Å²) in [5, 5.41) is 7.04. The highest BCUT2D eigenvalue weighted by molar-refractivity contribution is 9.10. The molecule has 3 aromatic carbocycles. The molecule has 0 amide bonds. The van der Waals surface area contributed by atoms with E-state index in [0.717, 1.165) is 42.9 Å². The van der Waals surface area contributed by atoms with E-state index in [0.29, 0.717) is 30.3 Å². The molecule has 0 radical (unpaired) electrons. The van der Waals surface area contributed by atoms with Gasteiger partial charge in [0, 0.05) is 34.6 Å². The molecule has 0 saturated carbocycles. The van der Waals surface area contributed by atoms with E-state index < -0.39 is 10.3 Å². The average molecular weight is 719 g/mol. The van der Waals surface area contributed by atoms with E-state index in [1.807, 2.05) is 47.8 Å². The third-order valence-corrected chi connectivity index (χ3v) is 9.06. The summed E-state index contributed by atoms with van der Waals surface area (Å²) >= 11 is 5.08. The Bertz CT molecular complexity index is 2140. The zero-order valence-electron chi connectivity index (χ0n) is 24.1. The maximum absolute atomic E-state index is 13.5. The predicted octanol–water partition coefficient (Wildman–Crippen LogP) is 7.03. The van der Waals surface area contributed by atoms with Crippen molar-refractivity contribution in [3.05, 3.63) is 123 Å².